The molecular formula is C17H26N6O2. The van der Waals surface area contributed by atoms with E-state index in [1.54, 1.807) is 17.8 Å². The second-order valence-electron chi connectivity index (χ2n) is 6.65. The van der Waals surface area contributed by atoms with Crippen LogP contribution in [0.4, 0.5) is 0 Å². The first-order chi connectivity index (χ1) is 12.1. The number of carbonyl (C=O) groups excluding carboxylic acids is 1. The fourth-order valence-corrected chi connectivity index (χ4v) is 3.55. The van der Waals surface area contributed by atoms with Crippen molar-refractivity contribution in [1.82, 2.24) is 29.4 Å². The summed E-state index contributed by atoms with van der Waals surface area (Å²) in [5.74, 6) is 1.14. The molecule has 2 aromatic rings. The highest BCUT2D eigenvalue weighted by molar-refractivity contribution is 5.76. The molecule has 1 fully saturated rings. The fourth-order valence-electron chi connectivity index (χ4n) is 3.55. The number of H-pyrrole nitrogens is 1. The number of hydrogen-bond donors (Lipinski definition) is 1. The fraction of sp³-hybridized carbons (Fsp3) is 0.647. The molecule has 0 unspecified atom stereocenters. The number of likely N-dealkylation sites (tertiary alicyclic amines) is 1. The third-order valence-corrected chi connectivity index (χ3v) is 4.90. The van der Waals surface area contributed by atoms with Gasteiger partial charge in [0.05, 0.1) is 6.20 Å². The highest BCUT2D eigenvalue weighted by Gasteiger charge is 2.28. The van der Waals surface area contributed by atoms with Crippen LogP contribution in [-0.2, 0) is 24.8 Å². The molecule has 3 rings (SSSR count). The van der Waals surface area contributed by atoms with Crippen molar-refractivity contribution < 1.29 is 4.79 Å². The van der Waals surface area contributed by atoms with Gasteiger partial charge in [0.15, 0.2) is 0 Å². The number of rotatable bonds is 6. The second kappa shape index (κ2) is 7.67. The van der Waals surface area contributed by atoms with Gasteiger partial charge in [-0.25, -0.2) is 9.48 Å². The van der Waals surface area contributed by atoms with Gasteiger partial charge in [-0.1, -0.05) is 0 Å². The van der Waals surface area contributed by atoms with E-state index in [0.717, 1.165) is 43.6 Å². The smallest absolute Gasteiger partial charge is 0.342 e. The molecule has 0 bridgehead atoms. The quantitative estimate of drug-likeness (QED) is 0.847. The summed E-state index contributed by atoms with van der Waals surface area (Å²) in [6, 6.07) is 0. The third kappa shape index (κ3) is 3.83. The molecule has 1 aliphatic rings. The molecule has 0 spiro atoms. The van der Waals surface area contributed by atoms with E-state index in [1.165, 1.54) is 4.68 Å². The van der Waals surface area contributed by atoms with Gasteiger partial charge in [-0.05, 0) is 38.2 Å². The molecule has 1 N–H and O–H groups in total. The molecule has 0 radical (unpaired) electrons. The minimum absolute atomic E-state index is 0.0823. The summed E-state index contributed by atoms with van der Waals surface area (Å²) < 4.78 is 3.11. The van der Waals surface area contributed by atoms with Crippen LogP contribution >= 0.6 is 0 Å². The minimum Gasteiger partial charge on any atom is -0.342 e. The Morgan fingerprint density at radius 2 is 2.28 bits per heavy atom. The highest BCUT2D eigenvalue weighted by atomic mass is 16.2. The van der Waals surface area contributed by atoms with E-state index in [0.29, 0.717) is 19.5 Å². The number of amides is 1. The standard InChI is InChI=1S/C17H26N6O2/c1-3-23-16(20-21(2)17(23)25)14-7-5-9-22(12-14)15(24)8-4-6-13-10-18-19-11-13/h10-11,14H,3-9,12H2,1-2H3,(H,18,19)/t14-/m1/s1. The Morgan fingerprint density at radius 3 is 3.00 bits per heavy atom. The van der Waals surface area contributed by atoms with Gasteiger partial charge in [-0.15, -0.1) is 0 Å². The number of aromatic nitrogens is 5. The van der Waals surface area contributed by atoms with Crippen LogP contribution in [0.3, 0.4) is 0 Å². The number of aromatic amines is 1. The summed E-state index contributed by atoms with van der Waals surface area (Å²) in [6.07, 6.45) is 7.81. The van der Waals surface area contributed by atoms with Crippen LogP contribution in [0, 0.1) is 0 Å². The first-order valence-electron chi connectivity index (χ1n) is 8.99. The summed E-state index contributed by atoms with van der Waals surface area (Å²) >= 11 is 0. The van der Waals surface area contributed by atoms with Crippen LogP contribution < -0.4 is 5.69 Å². The van der Waals surface area contributed by atoms with Crippen LogP contribution in [0.1, 0.15) is 49.9 Å². The van der Waals surface area contributed by atoms with Gasteiger partial charge >= 0.3 is 5.69 Å². The van der Waals surface area contributed by atoms with E-state index < -0.39 is 0 Å². The number of nitrogens with one attached hydrogen (secondary N) is 1. The molecule has 25 heavy (non-hydrogen) atoms. The first kappa shape index (κ1) is 17.4. The Labute approximate surface area is 146 Å². The lowest BCUT2D eigenvalue weighted by Crippen LogP contribution is -2.40. The lowest BCUT2D eigenvalue weighted by molar-refractivity contribution is -0.132. The van der Waals surface area contributed by atoms with Crippen molar-refractivity contribution >= 4 is 5.91 Å². The Balaban J connectivity index is 1.60. The molecule has 1 saturated heterocycles. The zero-order valence-electron chi connectivity index (χ0n) is 14.9. The molecule has 136 valence electrons. The van der Waals surface area contributed by atoms with Gasteiger partial charge in [0.1, 0.15) is 5.82 Å². The van der Waals surface area contributed by atoms with Gasteiger partial charge in [-0.2, -0.15) is 10.2 Å². The summed E-state index contributed by atoms with van der Waals surface area (Å²) in [4.78, 5) is 26.6. The molecule has 8 heteroatoms. The van der Waals surface area contributed by atoms with E-state index in [4.69, 9.17) is 0 Å². The third-order valence-electron chi connectivity index (χ3n) is 4.90. The number of piperidine rings is 1. The second-order valence-corrected chi connectivity index (χ2v) is 6.65. The topological polar surface area (TPSA) is 88.8 Å². The largest absolute Gasteiger partial charge is 0.345 e. The molecule has 0 aliphatic carbocycles. The van der Waals surface area contributed by atoms with Gasteiger partial charge in [0.2, 0.25) is 5.91 Å². The molecule has 0 aromatic carbocycles. The van der Waals surface area contributed by atoms with E-state index in [9.17, 15) is 9.59 Å². The Morgan fingerprint density at radius 1 is 1.44 bits per heavy atom. The predicted molar refractivity (Wildman–Crippen MR) is 93.2 cm³/mol. The SMILES string of the molecule is CCn1c([C@@H]2CCCN(C(=O)CCCc3cn[nH]c3)C2)nn(C)c1=O. The average molecular weight is 346 g/mol. The minimum atomic E-state index is -0.0823. The Kier molecular flexibility index (Phi) is 5.35. The number of aryl methyl sites for hydroxylation is 2. The normalized spacial score (nSPS) is 17.8. The van der Waals surface area contributed by atoms with Crippen LogP contribution in [0.2, 0.25) is 0 Å². The van der Waals surface area contributed by atoms with Crippen LogP contribution in [-0.4, -0.2) is 48.4 Å². The van der Waals surface area contributed by atoms with E-state index in [2.05, 4.69) is 15.3 Å². The van der Waals surface area contributed by atoms with Gasteiger partial charge < -0.3 is 4.90 Å². The van der Waals surface area contributed by atoms with Crippen LogP contribution in [0.25, 0.3) is 0 Å². The Hall–Kier alpha value is -2.38. The number of nitrogens with zero attached hydrogens (tertiary/aromatic N) is 5. The Bertz CT molecular complexity index is 761. The molecule has 8 nitrogen and oxygen atoms in total. The van der Waals surface area contributed by atoms with E-state index in [-0.39, 0.29) is 17.5 Å². The zero-order chi connectivity index (χ0) is 17.8. The molecule has 1 amide bonds. The predicted octanol–water partition coefficient (Wildman–Crippen LogP) is 1.05. The van der Waals surface area contributed by atoms with E-state index in [1.807, 2.05) is 18.0 Å². The van der Waals surface area contributed by atoms with Crippen LogP contribution in [0.5, 0.6) is 0 Å². The maximum absolute atomic E-state index is 12.5. The molecule has 1 atom stereocenters. The van der Waals surface area contributed by atoms with Crippen LogP contribution in [0.15, 0.2) is 17.2 Å². The van der Waals surface area contributed by atoms with Crippen molar-refractivity contribution in [2.75, 3.05) is 13.1 Å². The summed E-state index contributed by atoms with van der Waals surface area (Å²) in [6.45, 7) is 4.01. The molecule has 2 aromatic heterocycles. The van der Waals surface area contributed by atoms with Gasteiger partial charge in [0, 0.05) is 45.2 Å². The van der Waals surface area contributed by atoms with Crippen molar-refractivity contribution in [3.8, 4) is 0 Å². The van der Waals surface area contributed by atoms with Crippen molar-refractivity contribution in [3.63, 3.8) is 0 Å². The lowest BCUT2D eigenvalue weighted by atomic mass is 9.96. The summed E-state index contributed by atoms with van der Waals surface area (Å²) in [7, 11) is 1.68. The first-order valence-corrected chi connectivity index (χ1v) is 8.99. The molecular weight excluding hydrogens is 320 g/mol. The molecule has 3 heterocycles. The lowest BCUT2D eigenvalue weighted by Gasteiger charge is -2.32. The van der Waals surface area contributed by atoms with Gasteiger partial charge in [0.25, 0.3) is 0 Å². The highest BCUT2D eigenvalue weighted by Crippen LogP contribution is 2.25. The number of carbonyl (C=O) groups is 1. The summed E-state index contributed by atoms with van der Waals surface area (Å²) in [5.41, 5.74) is 1.05. The van der Waals surface area contributed by atoms with E-state index >= 15 is 0 Å². The monoisotopic (exact) mass is 346 g/mol. The zero-order valence-corrected chi connectivity index (χ0v) is 14.9. The molecule has 0 saturated carbocycles. The summed E-state index contributed by atoms with van der Waals surface area (Å²) in [5, 5.41) is 11.1. The maximum Gasteiger partial charge on any atom is 0.345 e. The van der Waals surface area contributed by atoms with Crippen molar-refractivity contribution in [1.29, 1.82) is 0 Å². The van der Waals surface area contributed by atoms with Crippen molar-refractivity contribution in [2.24, 2.45) is 7.05 Å². The number of hydrogen-bond acceptors (Lipinski definition) is 4. The maximum atomic E-state index is 12.5. The van der Waals surface area contributed by atoms with Crippen molar-refractivity contribution in [3.05, 3.63) is 34.3 Å². The van der Waals surface area contributed by atoms with Gasteiger partial charge in [-0.3, -0.25) is 14.5 Å². The average Bonchev–Trinajstić information content (AvgIpc) is 3.23. The molecule has 1 aliphatic heterocycles. The van der Waals surface area contributed by atoms with Crippen molar-refractivity contribution in [2.45, 2.75) is 51.5 Å².